The average Bonchev–Trinajstić information content (AvgIpc) is 2.36. The SMILES string of the molecule is Cc1cc(C)cc(NC(=O)CCN2CCSCC2)c1. The first-order valence-corrected chi connectivity index (χ1v) is 7.97. The Kier molecular flexibility index (Phi) is 5.28. The van der Waals surface area contributed by atoms with Gasteiger partial charge in [-0.3, -0.25) is 4.79 Å². The minimum Gasteiger partial charge on any atom is -0.326 e. The molecule has 1 saturated heterocycles. The van der Waals surface area contributed by atoms with Crippen LogP contribution in [-0.2, 0) is 4.79 Å². The van der Waals surface area contributed by atoms with E-state index in [1.54, 1.807) is 0 Å². The molecule has 0 atom stereocenters. The van der Waals surface area contributed by atoms with Crippen LogP contribution < -0.4 is 5.32 Å². The second-order valence-electron chi connectivity index (χ2n) is 5.13. The van der Waals surface area contributed by atoms with E-state index in [0.717, 1.165) is 25.3 Å². The Morgan fingerprint density at radius 1 is 1.21 bits per heavy atom. The number of thioether (sulfide) groups is 1. The molecule has 0 aromatic heterocycles. The molecule has 0 unspecified atom stereocenters. The zero-order valence-electron chi connectivity index (χ0n) is 11.7. The molecule has 0 aliphatic carbocycles. The highest BCUT2D eigenvalue weighted by Gasteiger charge is 2.12. The van der Waals surface area contributed by atoms with E-state index in [4.69, 9.17) is 0 Å². The molecule has 1 aromatic rings. The van der Waals surface area contributed by atoms with Crippen molar-refractivity contribution in [3.05, 3.63) is 29.3 Å². The van der Waals surface area contributed by atoms with Crippen molar-refractivity contribution in [1.29, 1.82) is 0 Å². The van der Waals surface area contributed by atoms with Crippen LogP contribution >= 0.6 is 11.8 Å². The average molecular weight is 278 g/mol. The molecule has 1 aliphatic rings. The van der Waals surface area contributed by atoms with Crippen molar-refractivity contribution in [2.45, 2.75) is 20.3 Å². The Bertz CT molecular complexity index is 422. The molecule has 19 heavy (non-hydrogen) atoms. The monoisotopic (exact) mass is 278 g/mol. The molecule has 104 valence electrons. The molecule has 2 rings (SSSR count). The fourth-order valence-corrected chi connectivity index (χ4v) is 3.33. The number of amides is 1. The number of nitrogens with zero attached hydrogens (tertiary/aromatic N) is 1. The third kappa shape index (κ3) is 4.88. The van der Waals surface area contributed by atoms with Crippen LogP contribution in [0.25, 0.3) is 0 Å². The van der Waals surface area contributed by atoms with Gasteiger partial charge in [-0.1, -0.05) is 6.07 Å². The second-order valence-corrected chi connectivity index (χ2v) is 6.35. The lowest BCUT2D eigenvalue weighted by Gasteiger charge is -2.25. The van der Waals surface area contributed by atoms with E-state index in [2.05, 4.69) is 16.3 Å². The topological polar surface area (TPSA) is 32.3 Å². The quantitative estimate of drug-likeness (QED) is 0.919. The highest BCUT2D eigenvalue weighted by atomic mass is 32.2. The molecule has 1 aromatic carbocycles. The van der Waals surface area contributed by atoms with E-state index in [0.29, 0.717) is 6.42 Å². The van der Waals surface area contributed by atoms with E-state index in [1.807, 2.05) is 37.7 Å². The van der Waals surface area contributed by atoms with Crippen LogP contribution in [0.4, 0.5) is 5.69 Å². The van der Waals surface area contributed by atoms with Gasteiger partial charge >= 0.3 is 0 Å². The van der Waals surface area contributed by atoms with E-state index in [1.165, 1.54) is 22.6 Å². The molecular formula is C15H22N2OS. The molecule has 1 amide bonds. The van der Waals surface area contributed by atoms with Gasteiger partial charge in [-0.25, -0.2) is 0 Å². The zero-order chi connectivity index (χ0) is 13.7. The number of hydrogen-bond acceptors (Lipinski definition) is 3. The third-order valence-corrected chi connectivity index (χ3v) is 4.21. The van der Waals surface area contributed by atoms with Gasteiger partial charge < -0.3 is 10.2 Å². The van der Waals surface area contributed by atoms with Gasteiger partial charge in [0.1, 0.15) is 0 Å². The van der Waals surface area contributed by atoms with Crippen molar-refractivity contribution in [3.63, 3.8) is 0 Å². The first-order chi connectivity index (χ1) is 9.13. The number of benzene rings is 1. The summed E-state index contributed by atoms with van der Waals surface area (Å²) in [5.41, 5.74) is 3.28. The predicted molar refractivity (Wildman–Crippen MR) is 82.9 cm³/mol. The minimum absolute atomic E-state index is 0.114. The standard InChI is InChI=1S/C15H22N2OS/c1-12-9-13(2)11-14(10-12)16-15(18)3-4-17-5-7-19-8-6-17/h9-11H,3-8H2,1-2H3,(H,16,18). The number of anilines is 1. The van der Waals surface area contributed by atoms with Crippen molar-refractivity contribution in [2.24, 2.45) is 0 Å². The molecule has 1 heterocycles. The molecule has 4 heteroatoms. The number of carbonyl (C=O) groups excluding carboxylic acids is 1. The van der Waals surface area contributed by atoms with E-state index in [-0.39, 0.29) is 5.91 Å². The van der Waals surface area contributed by atoms with Crippen LogP contribution in [0.5, 0.6) is 0 Å². The van der Waals surface area contributed by atoms with Gasteiger partial charge in [0.2, 0.25) is 5.91 Å². The molecule has 3 nitrogen and oxygen atoms in total. The molecule has 1 aliphatic heterocycles. The molecule has 1 fully saturated rings. The predicted octanol–water partition coefficient (Wildman–Crippen LogP) is 2.68. The van der Waals surface area contributed by atoms with Gasteiger partial charge in [0, 0.05) is 43.2 Å². The zero-order valence-corrected chi connectivity index (χ0v) is 12.6. The number of carbonyl (C=O) groups is 1. The normalized spacial score (nSPS) is 16.3. The maximum absolute atomic E-state index is 11.9. The number of hydrogen-bond donors (Lipinski definition) is 1. The summed E-state index contributed by atoms with van der Waals surface area (Å²) in [5, 5.41) is 2.99. The van der Waals surface area contributed by atoms with Crippen molar-refractivity contribution in [3.8, 4) is 0 Å². The summed E-state index contributed by atoms with van der Waals surface area (Å²) in [6, 6.07) is 6.14. The summed E-state index contributed by atoms with van der Waals surface area (Å²) in [4.78, 5) is 14.3. The maximum Gasteiger partial charge on any atom is 0.225 e. The molecule has 1 N–H and O–H groups in total. The minimum atomic E-state index is 0.114. The molecule has 0 saturated carbocycles. The van der Waals surface area contributed by atoms with Crippen LogP contribution in [0.15, 0.2) is 18.2 Å². The lowest BCUT2D eigenvalue weighted by Crippen LogP contribution is -2.34. The number of rotatable bonds is 4. The second kappa shape index (κ2) is 6.96. The van der Waals surface area contributed by atoms with Gasteiger partial charge in [0.25, 0.3) is 0 Å². The maximum atomic E-state index is 11.9. The van der Waals surface area contributed by atoms with Crippen LogP contribution in [0, 0.1) is 13.8 Å². The van der Waals surface area contributed by atoms with Crippen molar-refractivity contribution in [1.82, 2.24) is 4.90 Å². The first kappa shape index (κ1) is 14.4. The van der Waals surface area contributed by atoms with E-state index >= 15 is 0 Å². The Balaban J connectivity index is 1.80. The molecule has 0 spiro atoms. The van der Waals surface area contributed by atoms with E-state index < -0.39 is 0 Å². The Hall–Kier alpha value is -1.00. The lowest BCUT2D eigenvalue weighted by atomic mass is 10.1. The summed E-state index contributed by atoms with van der Waals surface area (Å²) < 4.78 is 0. The van der Waals surface area contributed by atoms with Crippen molar-refractivity contribution >= 4 is 23.4 Å². The van der Waals surface area contributed by atoms with E-state index in [9.17, 15) is 4.79 Å². The summed E-state index contributed by atoms with van der Waals surface area (Å²) in [5.74, 6) is 2.50. The number of nitrogens with one attached hydrogen (secondary N) is 1. The Morgan fingerprint density at radius 2 is 1.84 bits per heavy atom. The van der Waals surface area contributed by atoms with Gasteiger partial charge in [-0.05, 0) is 37.1 Å². The van der Waals surface area contributed by atoms with Crippen LogP contribution in [0.2, 0.25) is 0 Å². The molecule has 0 radical (unpaired) electrons. The van der Waals surface area contributed by atoms with Gasteiger partial charge in [-0.15, -0.1) is 0 Å². The van der Waals surface area contributed by atoms with Crippen LogP contribution in [0.3, 0.4) is 0 Å². The van der Waals surface area contributed by atoms with Gasteiger partial charge in [-0.2, -0.15) is 11.8 Å². The Labute approximate surface area is 119 Å². The summed E-state index contributed by atoms with van der Waals surface area (Å²) >= 11 is 2.00. The van der Waals surface area contributed by atoms with Crippen LogP contribution in [0.1, 0.15) is 17.5 Å². The lowest BCUT2D eigenvalue weighted by molar-refractivity contribution is -0.116. The fraction of sp³-hybridized carbons (Fsp3) is 0.533. The summed E-state index contributed by atoms with van der Waals surface area (Å²) in [7, 11) is 0. The first-order valence-electron chi connectivity index (χ1n) is 6.82. The van der Waals surface area contributed by atoms with Gasteiger partial charge in [0.05, 0.1) is 0 Å². The highest BCUT2D eigenvalue weighted by molar-refractivity contribution is 7.99. The highest BCUT2D eigenvalue weighted by Crippen LogP contribution is 2.14. The Morgan fingerprint density at radius 3 is 2.47 bits per heavy atom. The van der Waals surface area contributed by atoms with Crippen LogP contribution in [-0.4, -0.2) is 41.9 Å². The third-order valence-electron chi connectivity index (χ3n) is 3.26. The summed E-state index contributed by atoms with van der Waals surface area (Å²) in [6.45, 7) is 7.20. The fourth-order valence-electron chi connectivity index (χ4n) is 2.35. The number of aryl methyl sites for hydroxylation is 2. The van der Waals surface area contributed by atoms with Gasteiger partial charge in [0.15, 0.2) is 0 Å². The summed E-state index contributed by atoms with van der Waals surface area (Å²) in [6.07, 6.45) is 0.581. The molecule has 0 bridgehead atoms. The van der Waals surface area contributed by atoms with Crippen molar-refractivity contribution in [2.75, 3.05) is 36.5 Å². The largest absolute Gasteiger partial charge is 0.326 e. The van der Waals surface area contributed by atoms with Crippen molar-refractivity contribution < 1.29 is 4.79 Å². The smallest absolute Gasteiger partial charge is 0.225 e. The molecular weight excluding hydrogens is 256 g/mol.